The summed E-state index contributed by atoms with van der Waals surface area (Å²) < 4.78 is 31.4. The zero-order valence-corrected chi connectivity index (χ0v) is 20.7. The van der Waals surface area contributed by atoms with Crippen LogP contribution in [0.3, 0.4) is 0 Å². The minimum absolute atomic E-state index is 0.0458. The summed E-state index contributed by atoms with van der Waals surface area (Å²) in [5.41, 5.74) is -0.662. The third kappa shape index (κ3) is 5.75. The quantitative estimate of drug-likeness (QED) is 0.311. The summed E-state index contributed by atoms with van der Waals surface area (Å²) in [5.74, 6) is -1.28. The lowest BCUT2D eigenvalue weighted by Crippen LogP contribution is -2.36. The predicted octanol–water partition coefficient (Wildman–Crippen LogP) is 6.75. The van der Waals surface area contributed by atoms with Gasteiger partial charge in [-0.2, -0.15) is 0 Å². The number of nitrogens with zero attached hydrogens (tertiary/aromatic N) is 1. The molecule has 0 fully saturated rings. The van der Waals surface area contributed by atoms with Crippen molar-refractivity contribution in [2.75, 3.05) is 18.0 Å². The number of hydrogen-bond acceptors (Lipinski definition) is 2. The number of hydrogen-bond donors (Lipinski definition) is 0. The molecule has 1 aromatic rings. The van der Waals surface area contributed by atoms with Crippen molar-refractivity contribution >= 4 is 43.8 Å². The molecule has 0 heterocycles. The van der Waals surface area contributed by atoms with E-state index in [0.29, 0.717) is 19.4 Å². The molecule has 2 nitrogen and oxygen atoms in total. The molecule has 0 aromatic heterocycles. The number of carbonyl (C=O) groups is 1. The van der Waals surface area contributed by atoms with Gasteiger partial charge in [0.15, 0.2) is 17.9 Å². The van der Waals surface area contributed by atoms with Gasteiger partial charge in [-0.3, -0.25) is 4.79 Å². The lowest BCUT2D eigenvalue weighted by Gasteiger charge is -2.35. The molecule has 1 rings (SSSR count). The lowest BCUT2D eigenvalue weighted by atomic mass is 9.75. The molecular formula is C21H31Br2F2NO. The van der Waals surface area contributed by atoms with E-state index in [-0.39, 0.29) is 32.0 Å². The van der Waals surface area contributed by atoms with E-state index in [9.17, 15) is 4.79 Å². The Morgan fingerprint density at radius 2 is 1.22 bits per heavy atom. The number of alkyl halides is 2. The second kappa shape index (κ2) is 8.89. The number of aldehydes is 1. The van der Waals surface area contributed by atoms with Crippen LogP contribution >= 0.6 is 31.9 Å². The van der Waals surface area contributed by atoms with Gasteiger partial charge in [0.05, 0.1) is 0 Å². The summed E-state index contributed by atoms with van der Waals surface area (Å²) in [7, 11) is 0. The van der Waals surface area contributed by atoms with E-state index in [1.807, 2.05) is 55.4 Å². The van der Waals surface area contributed by atoms with E-state index < -0.39 is 22.5 Å². The summed E-state index contributed by atoms with van der Waals surface area (Å²) in [4.78, 5) is 13.7. The third-order valence-electron chi connectivity index (χ3n) is 4.27. The van der Waals surface area contributed by atoms with Crippen LogP contribution in [0, 0.1) is 11.6 Å². The third-order valence-corrected chi connectivity index (χ3v) is 4.85. The summed E-state index contributed by atoms with van der Waals surface area (Å²) in [6, 6.07) is 0. The first kappa shape index (κ1) is 24.5. The van der Waals surface area contributed by atoms with Gasteiger partial charge in [0.2, 0.25) is 0 Å². The standard InChI is InChI=1S/C21H31Br2F2NO/c1-12(22)9-26(10-13(2)23)19-17(24)15(20(3,4)5)14(11-27)16(18(19)25)21(6,7)8/h11-13H,9-10H2,1-8H3. The molecule has 0 spiro atoms. The highest BCUT2D eigenvalue weighted by Gasteiger charge is 2.36. The van der Waals surface area contributed by atoms with E-state index in [1.54, 1.807) is 4.90 Å². The van der Waals surface area contributed by atoms with Crippen LogP contribution in [0.2, 0.25) is 0 Å². The van der Waals surface area contributed by atoms with Gasteiger partial charge in [0.1, 0.15) is 5.69 Å². The van der Waals surface area contributed by atoms with Crippen molar-refractivity contribution in [3.63, 3.8) is 0 Å². The number of anilines is 1. The molecule has 1 aromatic carbocycles. The van der Waals surface area contributed by atoms with E-state index in [4.69, 9.17) is 0 Å². The zero-order chi connectivity index (χ0) is 21.3. The van der Waals surface area contributed by atoms with Crippen LogP contribution in [0.1, 0.15) is 76.9 Å². The van der Waals surface area contributed by atoms with E-state index in [2.05, 4.69) is 31.9 Å². The minimum atomic E-state index is -0.644. The molecule has 2 unspecified atom stereocenters. The molecule has 0 N–H and O–H groups in total. The van der Waals surface area contributed by atoms with Crippen molar-refractivity contribution in [2.24, 2.45) is 0 Å². The fourth-order valence-corrected chi connectivity index (χ4v) is 4.12. The Kier molecular flexibility index (Phi) is 8.09. The fraction of sp³-hybridized carbons (Fsp3) is 0.667. The topological polar surface area (TPSA) is 20.3 Å². The second-order valence-electron chi connectivity index (χ2n) is 9.22. The molecule has 6 heteroatoms. The monoisotopic (exact) mass is 509 g/mol. The van der Waals surface area contributed by atoms with Crippen LogP contribution in [0.4, 0.5) is 14.5 Å². The van der Waals surface area contributed by atoms with E-state index >= 15 is 8.78 Å². The van der Waals surface area contributed by atoms with Crippen LogP contribution in [-0.4, -0.2) is 29.0 Å². The first-order valence-electron chi connectivity index (χ1n) is 9.17. The molecule has 0 saturated heterocycles. The van der Waals surface area contributed by atoms with E-state index in [1.165, 1.54) is 0 Å². The average Bonchev–Trinajstić information content (AvgIpc) is 2.41. The molecule has 0 aliphatic carbocycles. The maximum absolute atomic E-state index is 15.7. The highest BCUT2D eigenvalue weighted by atomic mass is 79.9. The average molecular weight is 511 g/mol. The zero-order valence-electron chi connectivity index (χ0n) is 17.5. The van der Waals surface area contributed by atoms with Crippen molar-refractivity contribution in [2.45, 2.75) is 75.9 Å². The molecule has 2 atom stereocenters. The maximum Gasteiger partial charge on any atom is 0.153 e. The highest BCUT2D eigenvalue weighted by Crippen LogP contribution is 2.42. The first-order valence-corrected chi connectivity index (χ1v) is 11.0. The lowest BCUT2D eigenvalue weighted by molar-refractivity contribution is 0.111. The second-order valence-corrected chi connectivity index (χ2v) is 12.4. The number of halogens is 4. The molecule has 27 heavy (non-hydrogen) atoms. The molecule has 0 aliphatic heterocycles. The van der Waals surface area contributed by atoms with Crippen LogP contribution in [-0.2, 0) is 10.8 Å². The van der Waals surface area contributed by atoms with Crippen LogP contribution in [0.25, 0.3) is 0 Å². The van der Waals surface area contributed by atoms with Crippen molar-refractivity contribution in [1.82, 2.24) is 0 Å². The Hall–Kier alpha value is -0.490. The SMILES string of the molecule is CC(Br)CN(CC(C)Br)c1c(F)c(C(C)(C)C)c(C=O)c(C(C)(C)C)c1F. The molecule has 0 saturated carbocycles. The van der Waals surface area contributed by atoms with Gasteiger partial charge in [-0.15, -0.1) is 0 Å². The normalized spacial score (nSPS) is 14.8. The Morgan fingerprint density at radius 1 is 0.889 bits per heavy atom. The van der Waals surface area contributed by atoms with Crippen LogP contribution in [0.15, 0.2) is 0 Å². The van der Waals surface area contributed by atoms with Gasteiger partial charge in [-0.25, -0.2) is 8.78 Å². The van der Waals surface area contributed by atoms with Gasteiger partial charge in [0, 0.05) is 39.4 Å². The molecule has 0 aliphatic rings. The van der Waals surface area contributed by atoms with Crippen molar-refractivity contribution in [3.05, 3.63) is 28.3 Å². The van der Waals surface area contributed by atoms with Gasteiger partial charge >= 0.3 is 0 Å². The maximum atomic E-state index is 15.7. The van der Waals surface area contributed by atoms with Gasteiger partial charge < -0.3 is 4.90 Å². The van der Waals surface area contributed by atoms with Crippen molar-refractivity contribution in [1.29, 1.82) is 0 Å². The van der Waals surface area contributed by atoms with Gasteiger partial charge in [-0.1, -0.05) is 87.2 Å². The first-order chi connectivity index (χ1) is 12.1. The molecule has 0 radical (unpaired) electrons. The summed E-state index contributed by atoms with van der Waals surface area (Å²) >= 11 is 6.99. The Bertz CT molecular complexity index is 638. The smallest absolute Gasteiger partial charge is 0.153 e. The van der Waals surface area contributed by atoms with Crippen LogP contribution < -0.4 is 4.90 Å². The van der Waals surface area contributed by atoms with E-state index in [0.717, 1.165) is 0 Å². The van der Waals surface area contributed by atoms with Crippen molar-refractivity contribution < 1.29 is 13.6 Å². The summed E-state index contributed by atoms with van der Waals surface area (Å²) in [6.45, 7) is 15.8. The Morgan fingerprint density at radius 3 is 1.44 bits per heavy atom. The van der Waals surface area contributed by atoms with Gasteiger partial charge in [-0.05, 0) is 10.8 Å². The molecule has 0 amide bonds. The van der Waals surface area contributed by atoms with Gasteiger partial charge in [0.25, 0.3) is 0 Å². The molecule has 0 bridgehead atoms. The Labute approximate surface area is 179 Å². The number of benzene rings is 1. The summed E-state index contributed by atoms with van der Waals surface area (Å²) in [6.07, 6.45) is 0.599. The Balaban J connectivity index is 4.01. The molecular weight excluding hydrogens is 480 g/mol. The summed E-state index contributed by atoms with van der Waals surface area (Å²) in [5, 5.41) is 0. The van der Waals surface area contributed by atoms with Crippen molar-refractivity contribution in [3.8, 4) is 0 Å². The largest absolute Gasteiger partial charge is 0.365 e. The number of rotatable bonds is 6. The minimum Gasteiger partial charge on any atom is -0.365 e. The fourth-order valence-electron chi connectivity index (χ4n) is 3.42. The highest BCUT2D eigenvalue weighted by molar-refractivity contribution is 9.09. The van der Waals surface area contributed by atoms with Crippen LogP contribution in [0.5, 0.6) is 0 Å². The molecule has 154 valence electrons. The predicted molar refractivity (Wildman–Crippen MR) is 118 cm³/mol. The number of carbonyl (C=O) groups excluding carboxylic acids is 1.